The van der Waals surface area contributed by atoms with Gasteiger partial charge in [0.2, 0.25) is 0 Å². The van der Waals surface area contributed by atoms with Crippen LogP contribution in [0.25, 0.3) is 0 Å². The molecule has 96 valence electrons. The van der Waals surface area contributed by atoms with E-state index >= 15 is 0 Å². The van der Waals surface area contributed by atoms with Crippen LogP contribution < -0.4 is 0 Å². The summed E-state index contributed by atoms with van der Waals surface area (Å²) in [5.41, 5.74) is 0.394. The smallest absolute Gasteiger partial charge is 0.0936 e. The third-order valence-corrected chi connectivity index (χ3v) is 4.15. The molecule has 0 spiro atoms. The van der Waals surface area contributed by atoms with Crippen LogP contribution in [0.1, 0.15) is 34.6 Å². The van der Waals surface area contributed by atoms with Crippen molar-refractivity contribution >= 4 is 0 Å². The predicted molar refractivity (Wildman–Crippen MR) is 66.7 cm³/mol. The summed E-state index contributed by atoms with van der Waals surface area (Å²) in [4.78, 5) is 2.38. The Balaban J connectivity index is 2.53. The van der Waals surface area contributed by atoms with E-state index in [1.165, 1.54) is 0 Å². The molecular formula is C13H27NO2. The summed E-state index contributed by atoms with van der Waals surface area (Å²) >= 11 is 0. The molecule has 1 fully saturated rings. The molecule has 0 aliphatic carbocycles. The second-order valence-corrected chi connectivity index (χ2v) is 6.26. The molecule has 0 radical (unpaired) electrons. The van der Waals surface area contributed by atoms with Crippen LogP contribution in [-0.4, -0.2) is 50.0 Å². The van der Waals surface area contributed by atoms with E-state index in [1.807, 2.05) is 0 Å². The monoisotopic (exact) mass is 229 g/mol. The van der Waals surface area contributed by atoms with Crippen LogP contribution in [-0.2, 0) is 9.47 Å². The molecule has 0 aromatic carbocycles. The molecule has 0 amide bonds. The fourth-order valence-electron chi connectivity index (χ4n) is 1.75. The number of rotatable bonds is 3. The van der Waals surface area contributed by atoms with Gasteiger partial charge in [-0.05, 0) is 26.3 Å². The maximum atomic E-state index is 5.69. The van der Waals surface area contributed by atoms with Gasteiger partial charge in [-0.25, -0.2) is 0 Å². The zero-order valence-corrected chi connectivity index (χ0v) is 11.7. The molecular weight excluding hydrogens is 202 g/mol. The van der Waals surface area contributed by atoms with Crippen molar-refractivity contribution in [1.82, 2.24) is 4.90 Å². The largest absolute Gasteiger partial charge is 0.376 e. The van der Waals surface area contributed by atoms with Crippen molar-refractivity contribution in [2.24, 2.45) is 5.41 Å². The predicted octanol–water partition coefficient (Wildman–Crippen LogP) is 2.16. The van der Waals surface area contributed by atoms with Gasteiger partial charge >= 0.3 is 0 Å². The second kappa shape index (κ2) is 5.03. The molecule has 0 aromatic rings. The molecule has 1 atom stereocenters. The van der Waals surface area contributed by atoms with Crippen LogP contribution in [0.2, 0.25) is 0 Å². The van der Waals surface area contributed by atoms with Gasteiger partial charge in [-0.15, -0.1) is 0 Å². The van der Waals surface area contributed by atoms with Crippen molar-refractivity contribution in [3.63, 3.8) is 0 Å². The van der Waals surface area contributed by atoms with Crippen molar-refractivity contribution in [1.29, 1.82) is 0 Å². The fourth-order valence-corrected chi connectivity index (χ4v) is 1.75. The van der Waals surface area contributed by atoms with Gasteiger partial charge in [-0.1, -0.05) is 20.8 Å². The maximum Gasteiger partial charge on any atom is 0.0936 e. The van der Waals surface area contributed by atoms with Crippen molar-refractivity contribution in [2.75, 3.05) is 33.4 Å². The van der Waals surface area contributed by atoms with Gasteiger partial charge in [0.05, 0.1) is 25.9 Å². The van der Waals surface area contributed by atoms with Gasteiger partial charge in [-0.2, -0.15) is 0 Å². The Bertz CT molecular complexity index is 214. The zero-order valence-electron chi connectivity index (χ0n) is 11.7. The third kappa shape index (κ3) is 3.19. The molecule has 3 nitrogen and oxygen atoms in total. The first kappa shape index (κ1) is 13.9. The standard InChI is InChI=1S/C13H27NO2/c1-12(2,3)13(4,5)14(6)9-11-10-15-7-8-16-11/h11H,7-10H2,1-6H3/t11-/m1/s1. The summed E-state index contributed by atoms with van der Waals surface area (Å²) < 4.78 is 11.1. The highest BCUT2D eigenvalue weighted by atomic mass is 16.6. The maximum absolute atomic E-state index is 5.69. The lowest BCUT2D eigenvalue weighted by atomic mass is 9.75. The van der Waals surface area contributed by atoms with E-state index in [4.69, 9.17) is 9.47 Å². The number of ether oxygens (including phenoxy) is 2. The van der Waals surface area contributed by atoms with Crippen LogP contribution in [0.15, 0.2) is 0 Å². The quantitative estimate of drug-likeness (QED) is 0.740. The normalized spacial score (nSPS) is 23.8. The van der Waals surface area contributed by atoms with Crippen LogP contribution in [0.5, 0.6) is 0 Å². The molecule has 0 N–H and O–H groups in total. The van der Waals surface area contributed by atoms with Gasteiger partial charge in [0.25, 0.3) is 0 Å². The first-order chi connectivity index (χ1) is 7.25. The van der Waals surface area contributed by atoms with Gasteiger partial charge in [-0.3, -0.25) is 4.90 Å². The third-order valence-electron chi connectivity index (χ3n) is 4.15. The molecule has 1 rings (SSSR count). The summed E-state index contributed by atoms with van der Waals surface area (Å²) in [6, 6.07) is 0. The molecule has 0 aromatic heterocycles. The lowest BCUT2D eigenvalue weighted by Gasteiger charge is -2.47. The van der Waals surface area contributed by atoms with Crippen molar-refractivity contribution < 1.29 is 9.47 Å². The topological polar surface area (TPSA) is 21.7 Å². The number of hydrogen-bond acceptors (Lipinski definition) is 3. The Labute approximate surface area is 100 Å². The summed E-state index contributed by atoms with van der Waals surface area (Å²) in [5, 5.41) is 0. The highest BCUT2D eigenvalue weighted by Crippen LogP contribution is 2.34. The van der Waals surface area contributed by atoms with E-state index in [-0.39, 0.29) is 17.1 Å². The van der Waals surface area contributed by atoms with Gasteiger partial charge < -0.3 is 9.47 Å². The minimum absolute atomic E-state index is 0.147. The molecule has 0 bridgehead atoms. The van der Waals surface area contributed by atoms with E-state index in [0.29, 0.717) is 0 Å². The Morgan fingerprint density at radius 2 is 1.75 bits per heavy atom. The Morgan fingerprint density at radius 1 is 1.12 bits per heavy atom. The van der Waals surface area contributed by atoms with Crippen LogP contribution in [0.3, 0.4) is 0 Å². The zero-order chi connectivity index (χ0) is 12.4. The molecule has 0 unspecified atom stereocenters. The second-order valence-electron chi connectivity index (χ2n) is 6.26. The van der Waals surface area contributed by atoms with Crippen LogP contribution in [0.4, 0.5) is 0 Å². The van der Waals surface area contributed by atoms with E-state index in [0.717, 1.165) is 26.4 Å². The van der Waals surface area contributed by atoms with Crippen LogP contribution >= 0.6 is 0 Å². The minimum atomic E-state index is 0.147. The highest BCUT2D eigenvalue weighted by molar-refractivity contribution is 4.92. The van der Waals surface area contributed by atoms with Crippen LogP contribution in [0, 0.1) is 5.41 Å². The Kier molecular flexibility index (Phi) is 4.38. The van der Waals surface area contributed by atoms with E-state index in [2.05, 4.69) is 46.6 Å². The van der Waals surface area contributed by atoms with Gasteiger partial charge in [0, 0.05) is 12.1 Å². The lowest BCUT2D eigenvalue weighted by Crippen LogP contribution is -2.54. The fraction of sp³-hybridized carbons (Fsp3) is 1.00. The number of hydrogen-bond donors (Lipinski definition) is 0. The van der Waals surface area contributed by atoms with Crippen molar-refractivity contribution in [3.8, 4) is 0 Å². The molecule has 1 heterocycles. The van der Waals surface area contributed by atoms with Crippen molar-refractivity contribution in [2.45, 2.75) is 46.3 Å². The summed E-state index contributed by atoms with van der Waals surface area (Å²) in [5.74, 6) is 0. The van der Waals surface area contributed by atoms with Crippen molar-refractivity contribution in [3.05, 3.63) is 0 Å². The SMILES string of the molecule is CN(C[C@@H]1COCCO1)C(C)(C)C(C)(C)C. The highest BCUT2D eigenvalue weighted by Gasteiger charge is 2.37. The Hall–Kier alpha value is -0.120. The molecule has 16 heavy (non-hydrogen) atoms. The Morgan fingerprint density at radius 3 is 2.19 bits per heavy atom. The minimum Gasteiger partial charge on any atom is -0.376 e. The van der Waals surface area contributed by atoms with Gasteiger partial charge in [0.15, 0.2) is 0 Å². The number of likely N-dealkylation sites (N-methyl/N-ethyl adjacent to an activating group) is 1. The lowest BCUT2D eigenvalue weighted by molar-refractivity contribution is -0.109. The molecule has 1 aliphatic heterocycles. The molecule has 1 saturated heterocycles. The number of nitrogens with zero attached hydrogens (tertiary/aromatic N) is 1. The molecule has 3 heteroatoms. The summed E-state index contributed by atoms with van der Waals surface area (Å²) in [7, 11) is 2.17. The average molecular weight is 229 g/mol. The first-order valence-corrected chi connectivity index (χ1v) is 6.16. The molecule has 0 saturated carbocycles. The molecule has 1 aliphatic rings. The summed E-state index contributed by atoms with van der Waals surface area (Å²) in [6.07, 6.45) is 0.223. The van der Waals surface area contributed by atoms with E-state index < -0.39 is 0 Å². The van der Waals surface area contributed by atoms with E-state index in [9.17, 15) is 0 Å². The van der Waals surface area contributed by atoms with Gasteiger partial charge in [0.1, 0.15) is 0 Å². The summed E-state index contributed by atoms with van der Waals surface area (Å²) in [6.45, 7) is 14.5. The average Bonchev–Trinajstić information content (AvgIpc) is 2.17. The first-order valence-electron chi connectivity index (χ1n) is 6.16. The van der Waals surface area contributed by atoms with E-state index in [1.54, 1.807) is 0 Å².